The molecule has 1 saturated carbocycles. The second-order valence-electron chi connectivity index (χ2n) is 3.48. The van der Waals surface area contributed by atoms with Crippen LogP contribution in [0.3, 0.4) is 0 Å². The van der Waals surface area contributed by atoms with Crippen LogP contribution >= 0.6 is 0 Å². The average Bonchev–Trinajstić information content (AvgIpc) is 2.53. The number of Topliss-reactive ketones (excluding diaryl/α,β-unsaturated/α-hetero) is 1. The third-order valence-corrected chi connectivity index (χ3v) is 2.46. The predicted octanol–water partition coefficient (Wildman–Crippen LogP) is 1.15. The van der Waals surface area contributed by atoms with E-state index in [4.69, 9.17) is 5.73 Å². The maximum Gasteiger partial charge on any atom is 0.157 e. The SMILES string of the molecule is Nc1cnn(C2CCCCC2=O)c1. The van der Waals surface area contributed by atoms with Crippen molar-refractivity contribution in [1.82, 2.24) is 9.78 Å². The first-order chi connectivity index (χ1) is 6.27. The summed E-state index contributed by atoms with van der Waals surface area (Å²) in [6.07, 6.45) is 7.03. The first kappa shape index (κ1) is 8.29. The molecule has 0 amide bonds. The molecule has 1 aromatic heterocycles. The van der Waals surface area contributed by atoms with Gasteiger partial charge in [0.1, 0.15) is 6.04 Å². The van der Waals surface area contributed by atoms with Crippen LogP contribution in [0.15, 0.2) is 12.4 Å². The fourth-order valence-corrected chi connectivity index (χ4v) is 1.77. The van der Waals surface area contributed by atoms with Crippen LogP contribution in [0, 0.1) is 0 Å². The number of rotatable bonds is 1. The summed E-state index contributed by atoms with van der Waals surface area (Å²) in [5.41, 5.74) is 6.16. The van der Waals surface area contributed by atoms with Crippen molar-refractivity contribution < 1.29 is 4.79 Å². The number of nitrogen functional groups attached to an aromatic ring is 1. The lowest BCUT2D eigenvalue weighted by atomic mass is 9.94. The van der Waals surface area contributed by atoms with Crippen molar-refractivity contribution in [3.63, 3.8) is 0 Å². The van der Waals surface area contributed by atoms with Gasteiger partial charge in [-0.15, -0.1) is 0 Å². The minimum absolute atomic E-state index is 0.0638. The first-order valence-corrected chi connectivity index (χ1v) is 4.60. The standard InChI is InChI=1S/C9H13N3O/c10-7-5-11-12(6-7)8-3-1-2-4-9(8)13/h5-6,8H,1-4,10H2. The van der Waals surface area contributed by atoms with Crippen molar-refractivity contribution in [2.45, 2.75) is 31.7 Å². The molecule has 2 N–H and O–H groups in total. The van der Waals surface area contributed by atoms with Gasteiger partial charge in [-0.25, -0.2) is 0 Å². The fraction of sp³-hybridized carbons (Fsp3) is 0.556. The summed E-state index contributed by atoms with van der Waals surface area (Å²) in [4.78, 5) is 11.5. The summed E-state index contributed by atoms with van der Waals surface area (Å²) >= 11 is 0. The lowest BCUT2D eigenvalue weighted by molar-refractivity contribution is -0.124. The lowest BCUT2D eigenvalue weighted by Gasteiger charge is -2.20. The molecule has 1 heterocycles. The summed E-state index contributed by atoms with van der Waals surface area (Å²) in [7, 11) is 0. The Balaban J connectivity index is 2.19. The largest absolute Gasteiger partial charge is 0.396 e. The van der Waals surface area contributed by atoms with Gasteiger partial charge in [-0.3, -0.25) is 9.48 Å². The molecule has 0 bridgehead atoms. The summed E-state index contributed by atoms with van der Waals surface area (Å²) in [5.74, 6) is 0.286. The van der Waals surface area contributed by atoms with E-state index in [9.17, 15) is 4.79 Å². The second-order valence-corrected chi connectivity index (χ2v) is 3.48. The minimum atomic E-state index is -0.0638. The number of aromatic nitrogens is 2. The van der Waals surface area contributed by atoms with Gasteiger partial charge in [-0.05, 0) is 12.8 Å². The van der Waals surface area contributed by atoms with E-state index < -0.39 is 0 Å². The molecule has 1 aliphatic rings. The van der Waals surface area contributed by atoms with E-state index in [0.29, 0.717) is 12.1 Å². The van der Waals surface area contributed by atoms with Crippen LogP contribution in [0.1, 0.15) is 31.7 Å². The van der Waals surface area contributed by atoms with E-state index in [1.165, 1.54) is 0 Å². The summed E-state index contributed by atoms with van der Waals surface area (Å²) < 4.78 is 1.69. The third kappa shape index (κ3) is 1.56. The molecule has 0 radical (unpaired) electrons. The molecule has 0 aromatic carbocycles. The molecule has 0 aliphatic heterocycles. The first-order valence-electron chi connectivity index (χ1n) is 4.60. The lowest BCUT2D eigenvalue weighted by Crippen LogP contribution is -2.23. The van der Waals surface area contributed by atoms with Crippen LogP contribution < -0.4 is 5.73 Å². The van der Waals surface area contributed by atoms with Gasteiger partial charge in [-0.1, -0.05) is 6.42 Å². The van der Waals surface area contributed by atoms with Crippen molar-refractivity contribution in [2.75, 3.05) is 5.73 Å². The van der Waals surface area contributed by atoms with E-state index in [-0.39, 0.29) is 11.8 Å². The van der Waals surface area contributed by atoms with Gasteiger partial charge in [0.15, 0.2) is 5.78 Å². The zero-order valence-electron chi connectivity index (χ0n) is 7.44. The molecule has 4 heteroatoms. The van der Waals surface area contributed by atoms with Gasteiger partial charge in [-0.2, -0.15) is 5.10 Å². The summed E-state index contributed by atoms with van der Waals surface area (Å²) in [5, 5.41) is 4.06. The highest BCUT2D eigenvalue weighted by atomic mass is 16.1. The van der Waals surface area contributed by atoms with Crippen molar-refractivity contribution in [3.05, 3.63) is 12.4 Å². The van der Waals surface area contributed by atoms with E-state index in [1.54, 1.807) is 17.1 Å². The van der Waals surface area contributed by atoms with Crippen LogP contribution in [0.25, 0.3) is 0 Å². The minimum Gasteiger partial charge on any atom is -0.396 e. The number of anilines is 1. The van der Waals surface area contributed by atoms with Gasteiger partial charge in [0.25, 0.3) is 0 Å². The Hall–Kier alpha value is -1.32. The Morgan fingerprint density at radius 3 is 3.00 bits per heavy atom. The van der Waals surface area contributed by atoms with E-state index >= 15 is 0 Å². The molecule has 1 aromatic rings. The van der Waals surface area contributed by atoms with Gasteiger partial charge in [0, 0.05) is 12.6 Å². The molecular formula is C9H13N3O. The van der Waals surface area contributed by atoms with Crippen LogP contribution in [-0.2, 0) is 4.79 Å². The number of carbonyl (C=O) groups is 1. The highest BCUT2D eigenvalue weighted by molar-refractivity contribution is 5.83. The molecule has 1 aliphatic carbocycles. The van der Waals surface area contributed by atoms with Gasteiger partial charge >= 0.3 is 0 Å². The number of nitrogens with two attached hydrogens (primary N) is 1. The monoisotopic (exact) mass is 179 g/mol. The topological polar surface area (TPSA) is 60.9 Å². The van der Waals surface area contributed by atoms with E-state index in [1.807, 2.05) is 0 Å². The van der Waals surface area contributed by atoms with Crippen molar-refractivity contribution in [3.8, 4) is 0 Å². The molecule has 4 nitrogen and oxygen atoms in total. The van der Waals surface area contributed by atoms with Crippen molar-refractivity contribution >= 4 is 11.5 Å². The van der Waals surface area contributed by atoms with Gasteiger partial charge < -0.3 is 5.73 Å². The highest BCUT2D eigenvalue weighted by Gasteiger charge is 2.23. The molecule has 1 fully saturated rings. The Labute approximate surface area is 76.7 Å². The zero-order valence-corrected chi connectivity index (χ0v) is 7.44. The van der Waals surface area contributed by atoms with E-state index in [2.05, 4.69) is 5.10 Å². The summed E-state index contributed by atoms with van der Waals surface area (Å²) in [6, 6.07) is -0.0638. The maximum atomic E-state index is 11.5. The van der Waals surface area contributed by atoms with Crippen LogP contribution in [-0.4, -0.2) is 15.6 Å². The fourth-order valence-electron chi connectivity index (χ4n) is 1.77. The highest BCUT2D eigenvalue weighted by Crippen LogP contribution is 2.24. The van der Waals surface area contributed by atoms with Crippen LogP contribution in [0.4, 0.5) is 5.69 Å². The number of hydrogen-bond donors (Lipinski definition) is 1. The molecule has 0 saturated heterocycles. The Morgan fingerprint density at radius 2 is 2.38 bits per heavy atom. The number of hydrogen-bond acceptors (Lipinski definition) is 3. The van der Waals surface area contributed by atoms with Crippen LogP contribution in [0.5, 0.6) is 0 Å². The normalized spacial score (nSPS) is 23.4. The Kier molecular flexibility index (Phi) is 2.04. The molecule has 1 atom stereocenters. The molecule has 1 unspecified atom stereocenters. The summed E-state index contributed by atoms with van der Waals surface area (Å²) in [6.45, 7) is 0. The molecule has 70 valence electrons. The average molecular weight is 179 g/mol. The molecule has 2 rings (SSSR count). The number of nitrogens with zero attached hydrogens (tertiary/aromatic N) is 2. The van der Waals surface area contributed by atoms with Gasteiger partial charge in [0.2, 0.25) is 0 Å². The molecular weight excluding hydrogens is 166 g/mol. The Bertz CT molecular complexity index is 318. The van der Waals surface area contributed by atoms with Crippen molar-refractivity contribution in [2.24, 2.45) is 0 Å². The smallest absolute Gasteiger partial charge is 0.157 e. The van der Waals surface area contributed by atoms with Gasteiger partial charge in [0.05, 0.1) is 11.9 Å². The number of ketones is 1. The Morgan fingerprint density at radius 1 is 1.54 bits per heavy atom. The van der Waals surface area contributed by atoms with Crippen molar-refractivity contribution in [1.29, 1.82) is 0 Å². The number of carbonyl (C=O) groups excluding carboxylic acids is 1. The molecule has 13 heavy (non-hydrogen) atoms. The van der Waals surface area contributed by atoms with Crippen LogP contribution in [0.2, 0.25) is 0 Å². The third-order valence-electron chi connectivity index (χ3n) is 2.46. The second kappa shape index (κ2) is 3.20. The quantitative estimate of drug-likeness (QED) is 0.703. The van der Waals surface area contributed by atoms with E-state index in [0.717, 1.165) is 19.3 Å². The predicted molar refractivity (Wildman–Crippen MR) is 49.2 cm³/mol. The molecule has 0 spiro atoms. The zero-order chi connectivity index (χ0) is 9.26. The maximum absolute atomic E-state index is 11.5.